The average Bonchev–Trinajstić information content (AvgIpc) is 3.18. The summed E-state index contributed by atoms with van der Waals surface area (Å²) in [6.07, 6.45) is 8.61. The number of nitrogens with zero attached hydrogens (tertiary/aromatic N) is 3. The number of ether oxygens (including phenoxy) is 1. The Morgan fingerprint density at radius 3 is 2.75 bits per heavy atom. The third-order valence-corrected chi connectivity index (χ3v) is 5.15. The molecule has 1 atom stereocenters. The number of aromatic nitrogens is 1. The summed E-state index contributed by atoms with van der Waals surface area (Å²) in [5, 5.41) is 0. The molecule has 2 saturated heterocycles. The first-order chi connectivity index (χ1) is 11.8. The molecule has 0 bridgehead atoms. The summed E-state index contributed by atoms with van der Waals surface area (Å²) in [5.41, 5.74) is 2.79. The zero-order chi connectivity index (χ0) is 16.2. The molecule has 128 valence electrons. The van der Waals surface area contributed by atoms with E-state index in [1.54, 1.807) is 6.26 Å². The first-order valence-corrected chi connectivity index (χ1v) is 8.74. The van der Waals surface area contributed by atoms with Gasteiger partial charge in [-0.05, 0) is 30.7 Å². The maximum Gasteiger partial charge on any atom is 0.0947 e. The molecule has 24 heavy (non-hydrogen) atoms. The van der Waals surface area contributed by atoms with E-state index in [1.807, 2.05) is 24.7 Å². The molecule has 0 radical (unpaired) electrons. The molecule has 2 aliphatic heterocycles. The Hall–Kier alpha value is -1.69. The quantitative estimate of drug-likeness (QED) is 0.862. The van der Waals surface area contributed by atoms with Crippen LogP contribution in [0.4, 0.5) is 0 Å². The van der Waals surface area contributed by atoms with Gasteiger partial charge in [-0.1, -0.05) is 6.07 Å². The summed E-state index contributed by atoms with van der Waals surface area (Å²) in [7, 11) is 0. The highest BCUT2D eigenvalue weighted by molar-refractivity contribution is 5.09. The lowest BCUT2D eigenvalue weighted by Gasteiger charge is -2.31. The Bertz CT molecular complexity index is 631. The molecular formula is C19H25N3O2. The Kier molecular flexibility index (Phi) is 4.65. The smallest absolute Gasteiger partial charge is 0.0947 e. The summed E-state index contributed by atoms with van der Waals surface area (Å²) < 4.78 is 11.2. The molecule has 2 aromatic rings. The van der Waals surface area contributed by atoms with Crippen molar-refractivity contribution in [3.8, 4) is 0 Å². The molecule has 4 heterocycles. The van der Waals surface area contributed by atoms with Gasteiger partial charge >= 0.3 is 0 Å². The molecule has 0 aliphatic carbocycles. The van der Waals surface area contributed by atoms with Gasteiger partial charge in [-0.2, -0.15) is 0 Å². The lowest BCUT2D eigenvalue weighted by atomic mass is 9.87. The van der Waals surface area contributed by atoms with Gasteiger partial charge in [0.1, 0.15) is 0 Å². The molecule has 2 aliphatic rings. The summed E-state index contributed by atoms with van der Waals surface area (Å²) in [5.74, 6) is 0. The van der Waals surface area contributed by atoms with Crippen LogP contribution in [0.15, 0.2) is 47.5 Å². The minimum atomic E-state index is 0.252. The molecule has 5 heteroatoms. The third-order valence-electron chi connectivity index (χ3n) is 5.15. The molecule has 0 amide bonds. The van der Waals surface area contributed by atoms with Gasteiger partial charge in [0.25, 0.3) is 0 Å². The molecule has 1 unspecified atom stereocenters. The SMILES string of the molecule is c1cncc(CN2CCC3(COCCN(Cc4ccoc4)C3)C2)c1. The molecule has 4 rings (SSSR count). The summed E-state index contributed by atoms with van der Waals surface area (Å²) >= 11 is 0. The summed E-state index contributed by atoms with van der Waals surface area (Å²) in [4.78, 5) is 9.29. The van der Waals surface area contributed by atoms with E-state index in [0.717, 1.165) is 52.5 Å². The van der Waals surface area contributed by atoms with Crippen LogP contribution in [0.3, 0.4) is 0 Å². The van der Waals surface area contributed by atoms with Gasteiger partial charge in [0.05, 0.1) is 25.7 Å². The van der Waals surface area contributed by atoms with E-state index in [1.165, 1.54) is 17.5 Å². The molecule has 1 spiro atoms. The highest BCUT2D eigenvalue weighted by Crippen LogP contribution is 2.34. The molecule has 2 fully saturated rings. The van der Waals surface area contributed by atoms with Crippen LogP contribution in [0.1, 0.15) is 17.5 Å². The van der Waals surface area contributed by atoms with Crippen LogP contribution < -0.4 is 0 Å². The summed E-state index contributed by atoms with van der Waals surface area (Å²) in [6.45, 7) is 7.96. The standard InChI is InChI=1S/C19H25N3O2/c1-2-17(10-20-5-1)11-21-6-4-19(14-21)15-22(7-9-24-16-19)12-18-3-8-23-13-18/h1-3,5,8,10,13H,4,6-7,9,11-12,14-16H2. The van der Waals surface area contributed by atoms with Crippen LogP contribution in [-0.4, -0.2) is 54.2 Å². The molecule has 0 N–H and O–H groups in total. The van der Waals surface area contributed by atoms with Crippen molar-refractivity contribution in [2.45, 2.75) is 19.5 Å². The second-order valence-corrected chi connectivity index (χ2v) is 7.22. The molecule has 0 saturated carbocycles. The number of furan rings is 1. The monoisotopic (exact) mass is 327 g/mol. The maximum atomic E-state index is 5.98. The Labute approximate surface area is 143 Å². The van der Waals surface area contributed by atoms with Crippen molar-refractivity contribution in [3.63, 3.8) is 0 Å². The average molecular weight is 327 g/mol. The Balaban J connectivity index is 1.40. The van der Waals surface area contributed by atoms with Gasteiger partial charge in [0.15, 0.2) is 0 Å². The van der Waals surface area contributed by atoms with Crippen molar-refractivity contribution in [1.82, 2.24) is 14.8 Å². The fourth-order valence-corrected chi connectivity index (χ4v) is 4.02. The van der Waals surface area contributed by atoms with E-state index >= 15 is 0 Å². The largest absolute Gasteiger partial charge is 0.472 e. The van der Waals surface area contributed by atoms with Gasteiger partial charge in [-0.15, -0.1) is 0 Å². The van der Waals surface area contributed by atoms with Crippen LogP contribution in [0.25, 0.3) is 0 Å². The fraction of sp³-hybridized carbons (Fsp3) is 0.526. The van der Waals surface area contributed by atoms with Crippen LogP contribution in [0.5, 0.6) is 0 Å². The van der Waals surface area contributed by atoms with E-state index in [9.17, 15) is 0 Å². The second-order valence-electron chi connectivity index (χ2n) is 7.22. The highest BCUT2D eigenvalue weighted by Gasteiger charge is 2.40. The predicted molar refractivity (Wildman–Crippen MR) is 91.4 cm³/mol. The normalized spacial score (nSPS) is 26.0. The van der Waals surface area contributed by atoms with E-state index in [2.05, 4.69) is 26.9 Å². The Morgan fingerprint density at radius 1 is 1.08 bits per heavy atom. The van der Waals surface area contributed by atoms with Crippen LogP contribution in [0, 0.1) is 5.41 Å². The third kappa shape index (κ3) is 3.69. The molecule has 0 aromatic carbocycles. The lowest BCUT2D eigenvalue weighted by Crippen LogP contribution is -2.40. The van der Waals surface area contributed by atoms with Crippen molar-refractivity contribution < 1.29 is 9.15 Å². The predicted octanol–water partition coefficient (Wildman–Crippen LogP) is 2.40. The van der Waals surface area contributed by atoms with Gasteiger partial charge in [-0.25, -0.2) is 0 Å². The van der Waals surface area contributed by atoms with E-state index in [-0.39, 0.29) is 5.41 Å². The highest BCUT2D eigenvalue weighted by atomic mass is 16.5. The van der Waals surface area contributed by atoms with Crippen molar-refractivity contribution >= 4 is 0 Å². The molecular weight excluding hydrogens is 302 g/mol. The number of pyridine rings is 1. The van der Waals surface area contributed by atoms with Crippen molar-refractivity contribution in [1.29, 1.82) is 0 Å². The number of hydrogen-bond acceptors (Lipinski definition) is 5. The van der Waals surface area contributed by atoms with Gasteiger partial charge in [-0.3, -0.25) is 14.8 Å². The zero-order valence-corrected chi connectivity index (χ0v) is 14.1. The number of likely N-dealkylation sites (tertiary alicyclic amines) is 1. The van der Waals surface area contributed by atoms with Crippen molar-refractivity contribution in [2.75, 3.05) is 39.4 Å². The van der Waals surface area contributed by atoms with Crippen molar-refractivity contribution in [3.05, 3.63) is 54.2 Å². The van der Waals surface area contributed by atoms with E-state index < -0.39 is 0 Å². The maximum absolute atomic E-state index is 5.98. The van der Waals surface area contributed by atoms with Gasteiger partial charge < -0.3 is 9.15 Å². The number of hydrogen-bond donors (Lipinski definition) is 0. The first-order valence-electron chi connectivity index (χ1n) is 8.74. The fourth-order valence-electron chi connectivity index (χ4n) is 4.02. The molecule has 2 aromatic heterocycles. The minimum Gasteiger partial charge on any atom is -0.472 e. The topological polar surface area (TPSA) is 41.7 Å². The summed E-state index contributed by atoms with van der Waals surface area (Å²) in [6, 6.07) is 6.23. The zero-order valence-electron chi connectivity index (χ0n) is 14.1. The minimum absolute atomic E-state index is 0.252. The Morgan fingerprint density at radius 2 is 1.96 bits per heavy atom. The van der Waals surface area contributed by atoms with Crippen LogP contribution in [-0.2, 0) is 17.8 Å². The van der Waals surface area contributed by atoms with Crippen LogP contribution >= 0.6 is 0 Å². The van der Waals surface area contributed by atoms with E-state index in [4.69, 9.17) is 9.15 Å². The van der Waals surface area contributed by atoms with Crippen molar-refractivity contribution in [2.24, 2.45) is 5.41 Å². The second kappa shape index (κ2) is 7.05. The van der Waals surface area contributed by atoms with Gasteiger partial charge in [0, 0.05) is 56.1 Å². The van der Waals surface area contributed by atoms with E-state index in [0.29, 0.717) is 0 Å². The van der Waals surface area contributed by atoms with Crippen LogP contribution in [0.2, 0.25) is 0 Å². The first kappa shape index (κ1) is 15.8. The lowest BCUT2D eigenvalue weighted by molar-refractivity contribution is 0.0706. The molecule has 5 nitrogen and oxygen atoms in total. The number of rotatable bonds is 4. The van der Waals surface area contributed by atoms with Gasteiger partial charge in [0.2, 0.25) is 0 Å².